The molecule has 1 amide bonds. The SMILES string of the molecule is CC(C)Oc1ccc(-c2nsc(-c3cccc4c3CCC4NC(=O)OC(C)(C)C)n2)cc1C#N. The first-order valence-electron chi connectivity index (χ1n) is 11.3. The predicted octanol–water partition coefficient (Wildman–Crippen LogP) is 6.04. The van der Waals surface area contributed by atoms with Gasteiger partial charge >= 0.3 is 6.09 Å². The average Bonchev–Trinajstić information content (AvgIpc) is 3.40. The maximum atomic E-state index is 12.3. The minimum Gasteiger partial charge on any atom is -0.490 e. The molecule has 0 fully saturated rings. The second-order valence-electron chi connectivity index (χ2n) is 9.52. The molecule has 34 heavy (non-hydrogen) atoms. The highest BCUT2D eigenvalue weighted by Gasteiger charge is 2.29. The first kappa shape index (κ1) is 23.7. The number of nitrogens with zero attached hydrogens (tertiary/aromatic N) is 3. The minimum absolute atomic E-state index is 0.0178. The molecule has 2 aromatic carbocycles. The molecule has 0 radical (unpaired) electrons. The smallest absolute Gasteiger partial charge is 0.408 e. The molecule has 1 N–H and O–H groups in total. The van der Waals surface area contributed by atoms with Gasteiger partial charge in [0.15, 0.2) is 5.82 Å². The zero-order chi connectivity index (χ0) is 24.5. The Morgan fingerprint density at radius 2 is 2.06 bits per heavy atom. The fourth-order valence-electron chi connectivity index (χ4n) is 4.02. The second-order valence-corrected chi connectivity index (χ2v) is 10.3. The van der Waals surface area contributed by atoms with Crippen LogP contribution in [-0.4, -0.2) is 27.2 Å². The Morgan fingerprint density at radius 3 is 2.76 bits per heavy atom. The van der Waals surface area contributed by atoms with Crippen molar-refractivity contribution in [3.8, 4) is 33.8 Å². The molecule has 0 saturated carbocycles. The summed E-state index contributed by atoms with van der Waals surface area (Å²) in [4.78, 5) is 17.1. The van der Waals surface area contributed by atoms with Crippen molar-refractivity contribution < 1.29 is 14.3 Å². The van der Waals surface area contributed by atoms with Crippen molar-refractivity contribution in [3.05, 3.63) is 53.1 Å². The molecular formula is C26H28N4O3S. The van der Waals surface area contributed by atoms with E-state index in [0.29, 0.717) is 17.1 Å². The molecule has 0 saturated heterocycles. The van der Waals surface area contributed by atoms with Gasteiger partial charge in [-0.3, -0.25) is 0 Å². The van der Waals surface area contributed by atoms with E-state index in [-0.39, 0.29) is 12.1 Å². The van der Waals surface area contributed by atoms with Crippen LogP contribution in [0.15, 0.2) is 36.4 Å². The number of ether oxygens (including phenoxy) is 2. The lowest BCUT2D eigenvalue weighted by molar-refractivity contribution is 0.0503. The molecule has 1 aliphatic rings. The number of nitrogens with one attached hydrogen (secondary N) is 1. The molecule has 1 atom stereocenters. The fraction of sp³-hybridized carbons (Fsp3) is 0.385. The van der Waals surface area contributed by atoms with E-state index in [9.17, 15) is 10.1 Å². The van der Waals surface area contributed by atoms with Crippen molar-refractivity contribution in [2.75, 3.05) is 0 Å². The summed E-state index contributed by atoms with van der Waals surface area (Å²) in [5.74, 6) is 1.13. The third-order valence-corrected chi connectivity index (χ3v) is 6.09. The quantitative estimate of drug-likeness (QED) is 0.482. The number of hydrogen-bond acceptors (Lipinski definition) is 7. The van der Waals surface area contributed by atoms with E-state index >= 15 is 0 Å². The molecule has 7 nitrogen and oxygen atoms in total. The van der Waals surface area contributed by atoms with E-state index in [1.54, 1.807) is 12.1 Å². The maximum Gasteiger partial charge on any atom is 0.408 e. The lowest BCUT2D eigenvalue weighted by atomic mass is 10.0. The Hall–Kier alpha value is -3.44. The van der Waals surface area contributed by atoms with Gasteiger partial charge in [-0.1, -0.05) is 18.2 Å². The Kier molecular flexibility index (Phi) is 6.58. The molecule has 176 valence electrons. The molecule has 1 unspecified atom stereocenters. The van der Waals surface area contributed by atoms with Gasteiger partial charge in [-0.15, -0.1) is 0 Å². The van der Waals surface area contributed by atoms with Crippen LogP contribution in [0, 0.1) is 11.3 Å². The number of carbonyl (C=O) groups is 1. The highest BCUT2D eigenvalue weighted by atomic mass is 32.1. The van der Waals surface area contributed by atoms with Gasteiger partial charge in [-0.25, -0.2) is 9.78 Å². The molecule has 0 bridgehead atoms. The molecule has 1 aliphatic carbocycles. The summed E-state index contributed by atoms with van der Waals surface area (Å²) in [7, 11) is 0. The van der Waals surface area contributed by atoms with Gasteiger partial charge in [0.25, 0.3) is 0 Å². The zero-order valence-corrected chi connectivity index (χ0v) is 20.8. The van der Waals surface area contributed by atoms with Crippen molar-refractivity contribution in [3.63, 3.8) is 0 Å². The van der Waals surface area contributed by atoms with Crippen LogP contribution in [-0.2, 0) is 11.2 Å². The molecule has 0 spiro atoms. The largest absolute Gasteiger partial charge is 0.490 e. The van der Waals surface area contributed by atoms with Crippen LogP contribution in [0.2, 0.25) is 0 Å². The van der Waals surface area contributed by atoms with Crippen molar-refractivity contribution in [1.82, 2.24) is 14.7 Å². The van der Waals surface area contributed by atoms with Gasteiger partial charge in [-0.2, -0.15) is 9.64 Å². The summed E-state index contributed by atoms with van der Waals surface area (Å²) in [5, 5.41) is 13.3. The number of amides is 1. The average molecular weight is 477 g/mol. The summed E-state index contributed by atoms with van der Waals surface area (Å²) in [6.07, 6.45) is 1.21. The Balaban J connectivity index is 1.58. The van der Waals surface area contributed by atoms with Crippen molar-refractivity contribution >= 4 is 17.6 Å². The minimum atomic E-state index is -0.541. The van der Waals surface area contributed by atoms with E-state index < -0.39 is 11.7 Å². The lowest BCUT2D eigenvalue weighted by Crippen LogP contribution is -2.34. The van der Waals surface area contributed by atoms with Gasteiger partial charge in [0.2, 0.25) is 0 Å². The number of alkyl carbamates (subject to hydrolysis) is 1. The van der Waals surface area contributed by atoms with Gasteiger partial charge in [-0.05, 0) is 88.3 Å². The summed E-state index contributed by atoms with van der Waals surface area (Å²) in [5.41, 5.74) is 3.97. The third kappa shape index (κ3) is 5.20. The zero-order valence-electron chi connectivity index (χ0n) is 20.0. The summed E-state index contributed by atoms with van der Waals surface area (Å²) >= 11 is 1.33. The topological polar surface area (TPSA) is 97.1 Å². The molecule has 1 heterocycles. The maximum absolute atomic E-state index is 12.3. The number of rotatable bonds is 5. The van der Waals surface area contributed by atoms with Crippen LogP contribution >= 0.6 is 11.5 Å². The van der Waals surface area contributed by atoms with Gasteiger partial charge < -0.3 is 14.8 Å². The Bertz CT molecular complexity index is 1250. The molecule has 3 aromatic rings. The van der Waals surface area contributed by atoms with E-state index in [4.69, 9.17) is 14.5 Å². The van der Waals surface area contributed by atoms with E-state index in [1.165, 1.54) is 17.1 Å². The van der Waals surface area contributed by atoms with Crippen molar-refractivity contribution in [2.45, 2.75) is 65.2 Å². The number of hydrogen-bond donors (Lipinski definition) is 1. The fourth-order valence-corrected chi connectivity index (χ4v) is 4.75. The van der Waals surface area contributed by atoms with E-state index in [2.05, 4.69) is 15.8 Å². The Labute approximate surface area is 203 Å². The monoisotopic (exact) mass is 476 g/mol. The van der Waals surface area contributed by atoms with Crippen LogP contribution in [0.4, 0.5) is 4.79 Å². The van der Waals surface area contributed by atoms with Crippen molar-refractivity contribution in [2.24, 2.45) is 0 Å². The van der Waals surface area contributed by atoms with Gasteiger partial charge in [0, 0.05) is 11.1 Å². The second kappa shape index (κ2) is 9.43. The van der Waals surface area contributed by atoms with Crippen LogP contribution in [0.3, 0.4) is 0 Å². The molecule has 4 rings (SSSR count). The van der Waals surface area contributed by atoms with Gasteiger partial charge in [0.05, 0.1) is 17.7 Å². The van der Waals surface area contributed by atoms with Crippen LogP contribution in [0.25, 0.3) is 22.0 Å². The van der Waals surface area contributed by atoms with Crippen LogP contribution in [0.5, 0.6) is 5.75 Å². The number of benzene rings is 2. The molecule has 0 aliphatic heterocycles. The molecular weight excluding hydrogens is 448 g/mol. The predicted molar refractivity (Wildman–Crippen MR) is 132 cm³/mol. The summed E-state index contributed by atoms with van der Waals surface area (Å²) < 4.78 is 15.7. The van der Waals surface area contributed by atoms with Crippen LogP contribution in [0.1, 0.15) is 63.8 Å². The first-order chi connectivity index (χ1) is 16.1. The number of nitriles is 1. The van der Waals surface area contributed by atoms with Gasteiger partial charge in [0.1, 0.15) is 22.4 Å². The summed E-state index contributed by atoms with van der Waals surface area (Å²) in [6.45, 7) is 9.41. The normalized spacial score (nSPS) is 15.0. The molecule has 1 aromatic heterocycles. The third-order valence-electron chi connectivity index (χ3n) is 5.34. The first-order valence-corrected chi connectivity index (χ1v) is 12.1. The van der Waals surface area contributed by atoms with Crippen molar-refractivity contribution in [1.29, 1.82) is 5.26 Å². The standard InChI is InChI=1S/C26H28N4O3S/c1-15(2)32-22-12-9-16(13-17(22)14-27)23-29-24(34-30-23)20-8-6-7-19-18(20)10-11-21(19)28-25(31)33-26(3,4)5/h6-9,12-13,15,21H,10-11H2,1-5H3,(H,28,31). The van der Waals surface area contributed by atoms with E-state index in [0.717, 1.165) is 34.5 Å². The van der Waals surface area contributed by atoms with Crippen LogP contribution < -0.4 is 10.1 Å². The van der Waals surface area contributed by atoms with E-state index in [1.807, 2.05) is 58.9 Å². The number of aromatic nitrogens is 2. The number of carbonyl (C=O) groups excluding carboxylic acids is 1. The lowest BCUT2D eigenvalue weighted by Gasteiger charge is -2.22. The number of fused-ring (bicyclic) bond motifs is 1. The highest BCUT2D eigenvalue weighted by Crippen LogP contribution is 2.39. The Morgan fingerprint density at radius 1 is 1.26 bits per heavy atom. The molecule has 8 heteroatoms. The highest BCUT2D eigenvalue weighted by molar-refractivity contribution is 7.09. The summed E-state index contributed by atoms with van der Waals surface area (Å²) in [6, 6.07) is 13.6.